The highest BCUT2D eigenvalue weighted by Crippen LogP contribution is 2.22. The Labute approximate surface area is 125 Å². The fourth-order valence-corrected chi connectivity index (χ4v) is 2.60. The zero-order chi connectivity index (χ0) is 13.8. The SMILES string of the molecule is COCC(Cn1c(CCl)nc2cc(Br)ccc21)OC. The molecule has 19 heavy (non-hydrogen) atoms. The smallest absolute Gasteiger partial charge is 0.124 e. The van der Waals surface area contributed by atoms with Gasteiger partial charge in [0.1, 0.15) is 5.82 Å². The Morgan fingerprint density at radius 1 is 1.42 bits per heavy atom. The summed E-state index contributed by atoms with van der Waals surface area (Å²) < 4.78 is 13.7. The van der Waals surface area contributed by atoms with E-state index in [9.17, 15) is 0 Å². The number of methoxy groups -OCH3 is 2. The van der Waals surface area contributed by atoms with Crippen LogP contribution in [-0.4, -0.2) is 36.5 Å². The average molecular weight is 348 g/mol. The Kier molecular flexibility index (Phi) is 5.21. The number of aromatic nitrogens is 2. The summed E-state index contributed by atoms with van der Waals surface area (Å²) in [5, 5.41) is 0. The Morgan fingerprint density at radius 3 is 2.84 bits per heavy atom. The molecule has 0 amide bonds. The Balaban J connectivity index is 2.39. The zero-order valence-electron chi connectivity index (χ0n) is 10.9. The van der Waals surface area contributed by atoms with Gasteiger partial charge in [0.05, 0.1) is 36.2 Å². The third-order valence-corrected chi connectivity index (χ3v) is 3.71. The average Bonchev–Trinajstić information content (AvgIpc) is 2.75. The highest BCUT2D eigenvalue weighted by molar-refractivity contribution is 9.10. The van der Waals surface area contributed by atoms with E-state index in [1.165, 1.54) is 0 Å². The Hall–Kier alpha value is -0.620. The summed E-state index contributed by atoms with van der Waals surface area (Å²) in [4.78, 5) is 4.54. The summed E-state index contributed by atoms with van der Waals surface area (Å²) in [6.07, 6.45) is -0.0204. The predicted molar refractivity (Wildman–Crippen MR) is 79.7 cm³/mol. The molecule has 104 valence electrons. The van der Waals surface area contributed by atoms with Gasteiger partial charge in [0.25, 0.3) is 0 Å². The molecule has 0 spiro atoms. The molecule has 1 aromatic carbocycles. The zero-order valence-corrected chi connectivity index (χ0v) is 13.2. The van der Waals surface area contributed by atoms with E-state index in [0.29, 0.717) is 19.0 Å². The minimum atomic E-state index is -0.0204. The Morgan fingerprint density at radius 2 is 2.21 bits per heavy atom. The molecule has 4 nitrogen and oxygen atoms in total. The molecule has 0 fully saturated rings. The fraction of sp³-hybridized carbons (Fsp3) is 0.462. The number of halogens is 2. The summed E-state index contributed by atoms with van der Waals surface area (Å²) >= 11 is 9.43. The van der Waals surface area contributed by atoms with Gasteiger partial charge in [-0.1, -0.05) is 15.9 Å². The number of ether oxygens (including phenoxy) is 2. The van der Waals surface area contributed by atoms with E-state index in [2.05, 4.69) is 25.5 Å². The molecule has 0 radical (unpaired) electrons. The van der Waals surface area contributed by atoms with Gasteiger partial charge in [0, 0.05) is 18.7 Å². The second-order valence-electron chi connectivity index (χ2n) is 4.22. The Bertz CT molecular complexity index is 559. The highest BCUT2D eigenvalue weighted by atomic mass is 79.9. The van der Waals surface area contributed by atoms with Crippen molar-refractivity contribution in [1.82, 2.24) is 9.55 Å². The van der Waals surface area contributed by atoms with Gasteiger partial charge in [-0.2, -0.15) is 0 Å². The molecule has 0 aliphatic carbocycles. The lowest BCUT2D eigenvalue weighted by atomic mass is 10.3. The van der Waals surface area contributed by atoms with Gasteiger partial charge >= 0.3 is 0 Å². The topological polar surface area (TPSA) is 36.3 Å². The van der Waals surface area contributed by atoms with Crippen molar-refractivity contribution < 1.29 is 9.47 Å². The number of fused-ring (bicyclic) bond motifs is 1. The third-order valence-electron chi connectivity index (χ3n) is 2.98. The van der Waals surface area contributed by atoms with Crippen LogP contribution in [0.2, 0.25) is 0 Å². The summed E-state index contributed by atoms with van der Waals surface area (Å²) in [5.74, 6) is 1.21. The molecule has 1 heterocycles. The van der Waals surface area contributed by atoms with Gasteiger partial charge in [-0.05, 0) is 18.2 Å². The third kappa shape index (κ3) is 3.28. The van der Waals surface area contributed by atoms with E-state index in [-0.39, 0.29) is 6.10 Å². The lowest BCUT2D eigenvalue weighted by Crippen LogP contribution is -2.24. The van der Waals surface area contributed by atoms with Crippen LogP contribution in [0.4, 0.5) is 0 Å². The van der Waals surface area contributed by atoms with E-state index in [4.69, 9.17) is 21.1 Å². The van der Waals surface area contributed by atoms with Crippen LogP contribution >= 0.6 is 27.5 Å². The number of nitrogens with zero attached hydrogens (tertiary/aromatic N) is 2. The lowest BCUT2D eigenvalue weighted by molar-refractivity contribution is 0.0186. The number of imidazole rings is 1. The van der Waals surface area contributed by atoms with Crippen molar-refractivity contribution in [3.05, 3.63) is 28.5 Å². The molecular formula is C13H16BrClN2O2. The van der Waals surface area contributed by atoms with Crippen LogP contribution in [0.3, 0.4) is 0 Å². The standard InChI is InChI=1S/C13H16BrClN2O2/c1-18-8-10(19-2)7-17-12-4-3-9(14)5-11(12)16-13(17)6-15/h3-5,10H,6-8H2,1-2H3. The molecule has 2 rings (SSSR count). The number of rotatable bonds is 6. The first kappa shape index (κ1) is 14.8. The summed E-state index contributed by atoms with van der Waals surface area (Å²) in [5.41, 5.74) is 1.98. The second-order valence-corrected chi connectivity index (χ2v) is 5.40. The van der Waals surface area contributed by atoms with Crippen LogP contribution in [0.25, 0.3) is 11.0 Å². The molecule has 0 saturated heterocycles. The van der Waals surface area contributed by atoms with Crippen molar-refractivity contribution in [1.29, 1.82) is 0 Å². The maximum Gasteiger partial charge on any atom is 0.124 e. The molecule has 6 heteroatoms. The quantitative estimate of drug-likeness (QED) is 0.753. The molecule has 2 aromatic rings. The summed E-state index contributed by atoms with van der Waals surface area (Å²) in [6.45, 7) is 1.21. The van der Waals surface area contributed by atoms with E-state index in [1.54, 1.807) is 14.2 Å². The van der Waals surface area contributed by atoms with E-state index >= 15 is 0 Å². The lowest BCUT2D eigenvalue weighted by Gasteiger charge is -2.17. The van der Waals surface area contributed by atoms with Crippen LogP contribution in [0, 0.1) is 0 Å². The van der Waals surface area contributed by atoms with Crippen LogP contribution in [-0.2, 0) is 21.9 Å². The van der Waals surface area contributed by atoms with Gasteiger partial charge < -0.3 is 14.0 Å². The maximum absolute atomic E-state index is 5.98. The normalized spacial score (nSPS) is 13.1. The van der Waals surface area contributed by atoms with E-state index in [1.807, 2.05) is 18.2 Å². The van der Waals surface area contributed by atoms with Crippen molar-refractivity contribution in [3.63, 3.8) is 0 Å². The number of benzene rings is 1. The molecular weight excluding hydrogens is 332 g/mol. The molecule has 1 aromatic heterocycles. The van der Waals surface area contributed by atoms with Gasteiger partial charge in [-0.15, -0.1) is 11.6 Å². The van der Waals surface area contributed by atoms with Crippen LogP contribution in [0.1, 0.15) is 5.82 Å². The van der Waals surface area contributed by atoms with Crippen LogP contribution in [0.15, 0.2) is 22.7 Å². The first-order chi connectivity index (χ1) is 9.19. The fourth-order valence-electron chi connectivity index (χ4n) is 2.04. The van der Waals surface area contributed by atoms with Crippen molar-refractivity contribution in [2.45, 2.75) is 18.5 Å². The van der Waals surface area contributed by atoms with Crippen molar-refractivity contribution in [2.75, 3.05) is 20.8 Å². The number of alkyl halides is 1. The summed E-state index contributed by atoms with van der Waals surface area (Å²) in [6, 6.07) is 6.01. The van der Waals surface area contributed by atoms with Crippen LogP contribution < -0.4 is 0 Å². The second kappa shape index (κ2) is 6.70. The van der Waals surface area contributed by atoms with Gasteiger partial charge in [-0.3, -0.25) is 0 Å². The monoisotopic (exact) mass is 346 g/mol. The minimum Gasteiger partial charge on any atom is -0.382 e. The predicted octanol–water partition coefficient (Wildman–Crippen LogP) is 3.20. The van der Waals surface area contributed by atoms with E-state index < -0.39 is 0 Å². The van der Waals surface area contributed by atoms with E-state index in [0.717, 1.165) is 21.3 Å². The van der Waals surface area contributed by atoms with Crippen LogP contribution in [0.5, 0.6) is 0 Å². The van der Waals surface area contributed by atoms with Gasteiger partial charge in [0.2, 0.25) is 0 Å². The summed E-state index contributed by atoms with van der Waals surface area (Å²) in [7, 11) is 3.34. The largest absolute Gasteiger partial charge is 0.382 e. The minimum absolute atomic E-state index is 0.0204. The highest BCUT2D eigenvalue weighted by Gasteiger charge is 2.15. The molecule has 0 N–H and O–H groups in total. The van der Waals surface area contributed by atoms with Crippen molar-refractivity contribution >= 4 is 38.6 Å². The first-order valence-electron chi connectivity index (χ1n) is 5.92. The van der Waals surface area contributed by atoms with Crippen molar-refractivity contribution in [2.24, 2.45) is 0 Å². The molecule has 0 saturated carbocycles. The number of hydrogen-bond donors (Lipinski definition) is 0. The van der Waals surface area contributed by atoms with Gasteiger partial charge in [-0.25, -0.2) is 4.98 Å². The molecule has 1 unspecified atom stereocenters. The first-order valence-corrected chi connectivity index (χ1v) is 7.24. The van der Waals surface area contributed by atoms with Crippen molar-refractivity contribution in [3.8, 4) is 0 Å². The molecule has 1 atom stereocenters. The molecule has 0 aliphatic heterocycles. The maximum atomic E-state index is 5.98. The molecule has 0 aliphatic rings. The number of hydrogen-bond acceptors (Lipinski definition) is 3. The van der Waals surface area contributed by atoms with Gasteiger partial charge in [0.15, 0.2) is 0 Å². The molecule has 0 bridgehead atoms.